The van der Waals surface area contributed by atoms with Crippen LogP contribution in [0.4, 0.5) is 5.69 Å². The van der Waals surface area contributed by atoms with E-state index in [1.165, 1.54) is 6.07 Å². The van der Waals surface area contributed by atoms with Gasteiger partial charge in [0.1, 0.15) is 5.54 Å². The molecule has 1 aromatic rings. The number of hydrogen-bond acceptors (Lipinski definition) is 4. The molecule has 0 amide bonds. The first-order valence-electron chi connectivity index (χ1n) is 6.16. The lowest BCUT2D eigenvalue weighted by molar-refractivity contribution is -0.142. The number of nitrogens with one attached hydrogen (secondary N) is 1. The lowest BCUT2D eigenvalue weighted by atomic mass is 9.97. The van der Waals surface area contributed by atoms with E-state index in [9.17, 15) is 18.3 Å². The van der Waals surface area contributed by atoms with Gasteiger partial charge in [0.15, 0.2) is 9.84 Å². The number of anilines is 1. The molecule has 1 aromatic carbocycles. The van der Waals surface area contributed by atoms with Crippen LogP contribution in [0, 0.1) is 0 Å². The van der Waals surface area contributed by atoms with Gasteiger partial charge in [-0.25, -0.2) is 13.2 Å². The Morgan fingerprint density at radius 3 is 2.37 bits per heavy atom. The highest BCUT2D eigenvalue weighted by atomic mass is 32.2. The zero-order chi connectivity index (χ0) is 14.1. The fraction of sp³-hybridized carbons (Fsp3) is 0.462. The highest BCUT2D eigenvalue weighted by Crippen LogP contribution is 2.35. The molecule has 6 heteroatoms. The number of rotatable bonds is 4. The Morgan fingerprint density at radius 1 is 1.26 bits per heavy atom. The number of carboxylic acid groups (broad SMARTS) is 1. The van der Waals surface area contributed by atoms with E-state index in [1.807, 2.05) is 0 Å². The van der Waals surface area contributed by atoms with Gasteiger partial charge in [0.25, 0.3) is 0 Å². The average molecular weight is 283 g/mol. The Kier molecular flexibility index (Phi) is 3.54. The minimum absolute atomic E-state index is 0.141. The van der Waals surface area contributed by atoms with Crippen molar-refractivity contribution >= 4 is 21.5 Å². The third-order valence-electron chi connectivity index (χ3n) is 3.53. The summed E-state index contributed by atoms with van der Waals surface area (Å²) in [7, 11) is -3.38. The summed E-state index contributed by atoms with van der Waals surface area (Å²) in [5.74, 6) is -0.923. The van der Waals surface area contributed by atoms with Gasteiger partial charge >= 0.3 is 5.97 Å². The topological polar surface area (TPSA) is 83.5 Å². The maximum atomic E-state index is 11.7. The largest absolute Gasteiger partial charge is 0.480 e. The number of sulfone groups is 1. The molecular formula is C13H17NO4S. The van der Waals surface area contributed by atoms with E-state index < -0.39 is 21.3 Å². The SMILES string of the molecule is CS(=O)(=O)c1ccccc1NC1(C(=O)O)CCCC1. The molecule has 0 saturated heterocycles. The van der Waals surface area contributed by atoms with Crippen molar-refractivity contribution in [2.75, 3.05) is 11.6 Å². The van der Waals surface area contributed by atoms with Gasteiger partial charge in [-0.3, -0.25) is 0 Å². The van der Waals surface area contributed by atoms with Crippen molar-refractivity contribution in [3.63, 3.8) is 0 Å². The Morgan fingerprint density at radius 2 is 1.84 bits per heavy atom. The highest BCUT2D eigenvalue weighted by molar-refractivity contribution is 7.90. The van der Waals surface area contributed by atoms with E-state index in [2.05, 4.69) is 5.32 Å². The van der Waals surface area contributed by atoms with Crippen LogP contribution in [-0.2, 0) is 14.6 Å². The first kappa shape index (κ1) is 13.9. The number of para-hydroxylation sites is 1. The predicted molar refractivity (Wildman–Crippen MR) is 72.0 cm³/mol. The minimum Gasteiger partial charge on any atom is -0.480 e. The second kappa shape index (κ2) is 4.85. The Labute approximate surface area is 112 Å². The van der Waals surface area contributed by atoms with Crippen LogP contribution in [0.25, 0.3) is 0 Å². The Bertz CT molecular complexity index is 588. The minimum atomic E-state index is -3.38. The van der Waals surface area contributed by atoms with Crippen LogP contribution < -0.4 is 5.32 Å². The molecule has 0 spiro atoms. The fourth-order valence-corrected chi connectivity index (χ4v) is 3.37. The van der Waals surface area contributed by atoms with E-state index in [0.29, 0.717) is 18.5 Å². The first-order valence-corrected chi connectivity index (χ1v) is 8.05. The zero-order valence-electron chi connectivity index (χ0n) is 10.7. The van der Waals surface area contributed by atoms with Crippen molar-refractivity contribution in [1.29, 1.82) is 0 Å². The average Bonchev–Trinajstić information content (AvgIpc) is 2.78. The number of carboxylic acids is 1. The van der Waals surface area contributed by atoms with Crippen LogP contribution >= 0.6 is 0 Å². The number of hydrogen-bond donors (Lipinski definition) is 2. The standard InChI is InChI=1S/C13H17NO4S/c1-19(17,18)11-7-3-2-6-10(11)14-13(12(15)16)8-4-5-9-13/h2-3,6-7,14H,4-5,8-9H2,1H3,(H,15,16). The summed E-state index contributed by atoms with van der Waals surface area (Å²) in [5, 5.41) is 12.4. The lowest BCUT2D eigenvalue weighted by Crippen LogP contribution is -2.44. The number of benzene rings is 1. The van der Waals surface area contributed by atoms with Gasteiger partial charge in [-0.15, -0.1) is 0 Å². The first-order chi connectivity index (χ1) is 8.85. The van der Waals surface area contributed by atoms with Crippen molar-refractivity contribution in [2.24, 2.45) is 0 Å². The van der Waals surface area contributed by atoms with E-state index in [-0.39, 0.29) is 4.90 Å². The van der Waals surface area contributed by atoms with Crippen molar-refractivity contribution in [3.8, 4) is 0 Å². The summed E-state index contributed by atoms with van der Waals surface area (Å²) >= 11 is 0. The van der Waals surface area contributed by atoms with Gasteiger partial charge in [0.2, 0.25) is 0 Å². The van der Waals surface area contributed by atoms with Crippen LogP contribution in [0.1, 0.15) is 25.7 Å². The van der Waals surface area contributed by atoms with Crippen LogP contribution in [-0.4, -0.2) is 31.3 Å². The van der Waals surface area contributed by atoms with Gasteiger partial charge in [-0.05, 0) is 25.0 Å². The van der Waals surface area contributed by atoms with Gasteiger partial charge in [0, 0.05) is 6.26 Å². The zero-order valence-corrected chi connectivity index (χ0v) is 11.5. The van der Waals surface area contributed by atoms with Gasteiger partial charge in [-0.2, -0.15) is 0 Å². The molecular weight excluding hydrogens is 266 g/mol. The molecule has 1 aliphatic rings. The molecule has 0 atom stereocenters. The summed E-state index contributed by atoms with van der Waals surface area (Å²) in [4.78, 5) is 11.6. The van der Waals surface area contributed by atoms with Crippen LogP contribution in [0.15, 0.2) is 29.2 Å². The Hall–Kier alpha value is -1.56. The summed E-state index contributed by atoms with van der Waals surface area (Å²) in [6.07, 6.45) is 3.82. The fourth-order valence-electron chi connectivity index (χ4n) is 2.52. The van der Waals surface area contributed by atoms with E-state index >= 15 is 0 Å². The summed E-state index contributed by atoms with van der Waals surface area (Å²) < 4.78 is 23.4. The second-order valence-electron chi connectivity index (χ2n) is 4.99. The van der Waals surface area contributed by atoms with E-state index in [0.717, 1.165) is 19.1 Å². The predicted octanol–water partition coefficient (Wildman–Crippen LogP) is 1.90. The molecule has 0 aromatic heterocycles. The van der Waals surface area contributed by atoms with Crippen LogP contribution in [0.3, 0.4) is 0 Å². The third-order valence-corrected chi connectivity index (χ3v) is 4.68. The van der Waals surface area contributed by atoms with E-state index in [1.54, 1.807) is 18.2 Å². The van der Waals surface area contributed by atoms with Crippen molar-refractivity contribution in [3.05, 3.63) is 24.3 Å². The molecule has 1 saturated carbocycles. The van der Waals surface area contributed by atoms with E-state index in [4.69, 9.17) is 0 Å². The summed E-state index contributed by atoms with van der Waals surface area (Å²) in [5.41, 5.74) is -0.671. The number of carbonyl (C=O) groups is 1. The molecule has 104 valence electrons. The van der Waals surface area contributed by atoms with Crippen molar-refractivity contribution in [1.82, 2.24) is 0 Å². The molecule has 0 radical (unpaired) electrons. The third kappa shape index (κ3) is 2.73. The molecule has 2 rings (SSSR count). The van der Waals surface area contributed by atoms with Crippen molar-refractivity contribution < 1.29 is 18.3 Å². The molecule has 1 fully saturated rings. The molecule has 5 nitrogen and oxygen atoms in total. The molecule has 2 N–H and O–H groups in total. The van der Waals surface area contributed by atoms with Crippen molar-refractivity contribution in [2.45, 2.75) is 36.1 Å². The quantitative estimate of drug-likeness (QED) is 0.881. The molecule has 0 bridgehead atoms. The normalized spacial score (nSPS) is 18.2. The second-order valence-corrected chi connectivity index (χ2v) is 6.97. The molecule has 0 aliphatic heterocycles. The maximum absolute atomic E-state index is 11.7. The van der Waals surface area contributed by atoms with Crippen LogP contribution in [0.2, 0.25) is 0 Å². The number of aliphatic carboxylic acids is 1. The molecule has 1 aliphatic carbocycles. The monoisotopic (exact) mass is 283 g/mol. The van der Waals surface area contributed by atoms with Gasteiger partial charge in [0.05, 0.1) is 10.6 Å². The smallest absolute Gasteiger partial charge is 0.329 e. The molecule has 0 unspecified atom stereocenters. The van der Waals surface area contributed by atoms with Gasteiger partial charge < -0.3 is 10.4 Å². The highest BCUT2D eigenvalue weighted by Gasteiger charge is 2.41. The van der Waals surface area contributed by atoms with Crippen LogP contribution in [0.5, 0.6) is 0 Å². The maximum Gasteiger partial charge on any atom is 0.329 e. The molecule has 19 heavy (non-hydrogen) atoms. The summed E-state index contributed by atoms with van der Waals surface area (Å²) in [6.45, 7) is 0. The van der Waals surface area contributed by atoms with Gasteiger partial charge in [-0.1, -0.05) is 25.0 Å². The summed E-state index contributed by atoms with van der Waals surface area (Å²) in [6, 6.07) is 6.42. The lowest BCUT2D eigenvalue weighted by Gasteiger charge is -2.27. The molecule has 0 heterocycles. The Balaban J connectivity index is 2.41.